The monoisotopic (exact) mass is 446 g/mol. The van der Waals surface area contributed by atoms with E-state index in [1.807, 2.05) is 24.3 Å². The van der Waals surface area contributed by atoms with Crippen LogP contribution >= 0.6 is 0 Å². The van der Waals surface area contributed by atoms with Crippen molar-refractivity contribution in [2.45, 2.75) is 18.9 Å². The summed E-state index contributed by atoms with van der Waals surface area (Å²) in [5.74, 6) is 0.700. The normalized spacial score (nSPS) is 22.2. The molecule has 4 aromatic rings. The molecule has 3 fully saturated rings. The number of aromatic nitrogens is 3. The molecule has 0 unspecified atom stereocenters. The molecule has 3 saturated heterocycles. The van der Waals surface area contributed by atoms with Gasteiger partial charge in [-0.05, 0) is 56.1 Å². The van der Waals surface area contributed by atoms with Crippen molar-refractivity contribution in [1.82, 2.24) is 19.9 Å². The fourth-order valence-electron chi connectivity index (χ4n) is 5.41. The van der Waals surface area contributed by atoms with Crippen molar-refractivity contribution in [3.05, 3.63) is 52.6 Å². The van der Waals surface area contributed by atoms with E-state index in [0.29, 0.717) is 39.6 Å². The molecule has 8 heteroatoms. The standard InChI is InChI=1S/C25H27FN6O/c1-31(2)21-12-19-15(11-16(21)26)23(27-20-13-32-9-7-14(20)8-10-32)22(25(33)30-19)24-28-17-5-3-4-6-18(17)29-24/h3-6,11-12,14,20H,7-10,13H2,1-2H3,(H,28,29)(H2,27,30,33)/t20-/m1/s1. The Morgan fingerprint density at radius 2 is 1.91 bits per heavy atom. The van der Waals surface area contributed by atoms with Crippen LogP contribution in [0.3, 0.4) is 0 Å². The number of hydrogen-bond acceptors (Lipinski definition) is 5. The molecule has 2 aromatic carbocycles. The number of rotatable bonds is 4. The molecule has 5 heterocycles. The second-order valence-electron chi connectivity index (χ2n) is 9.44. The van der Waals surface area contributed by atoms with Gasteiger partial charge in [0.15, 0.2) is 0 Å². The number of benzene rings is 2. The molecule has 3 aliphatic rings. The first-order chi connectivity index (χ1) is 16.0. The predicted octanol–water partition coefficient (Wildman–Crippen LogP) is 3.78. The van der Waals surface area contributed by atoms with Gasteiger partial charge in [-0.15, -0.1) is 0 Å². The van der Waals surface area contributed by atoms with Crippen LogP contribution in [0.5, 0.6) is 0 Å². The summed E-state index contributed by atoms with van der Waals surface area (Å²) in [6, 6.07) is 11.1. The number of pyridine rings is 1. The fourth-order valence-corrected chi connectivity index (χ4v) is 5.41. The largest absolute Gasteiger partial charge is 0.379 e. The molecule has 170 valence electrons. The van der Waals surface area contributed by atoms with Crippen molar-refractivity contribution in [3.8, 4) is 11.4 Å². The van der Waals surface area contributed by atoms with E-state index in [1.54, 1.807) is 25.1 Å². The number of nitrogens with one attached hydrogen (secondary N) is 3. The number of halogens is 1. The van der Waals surface area contributed by atoms with Crippen LogP contribution in [-0.4, -0.2) is 59.6 Å². The molecule has 0 saturated carbocycles. The highest BCUT2D eigenvalue weighted by molar-refractivity contribution is 6.00. The summed E-state index contributed by atoms with van der Waals surface area (Å²) in [7, 11) is 3.58. The van der Waals surface area contributed by atoms with Crippen molar-refractivity contribution in [3.63, 3.8) is 0 Å². The molecule has 0 radical (unpaired) electrons. The number of nitrogens with zero attached hydrogens (tertiary/aromatic N) is 3. The van der Waals surface area contributed by atoms with Gasteiger partial charge in [0, 0.05) is 32.1 Å². The number of piperidine rings is 3. The van der Waals surface area contributed by atoms with Crippen LogP contribution in [0, 0.1) is 11.7 Å². The topological polar surface area (TPSA) is 80.0 Å². The van der Waals surface area contributed by atoms with Gasteiger partial charge in [0.2, 0.25) is 0 Å². The smallest absolute Gasteiger partial charge is 0.261 e. The Hall–Kier alpha value is -3.39. The Morgan fingerprint density at radius 3 is 2.61 bits per heavy atom. The molecule has 7 nitrogen and oxygen atoms in total. The van der Waals surface area contributed by atoms with Gasteiger partial charge in [0.1, 0.15) is 17.2 Å². The molecule has 2 aromatic heterocycles. The van der Waals surface area contributed by atoms with Crippen molar-refractivity contribution in [2.75, 3.05) is 43.9 Å². The molecule has 0 aliphatic carbocycles. The molecule has 3 aliphatic heterocycles. The number of H-pyrrole nitrogens is 2. The van der Waals surface area contributed by atoms with E-state index in [1.165, 1.54) is 6.07 Å². The lowest BCUT2D eigenvalue weighted by Gasteiger charge is -2.45. The molecule has 3 N–H and O–H groups in total. The van der Waals surface area contributed by atoms with E-state index >= 15 is 4.39 Å². The highest BCUT2D eigenvalue weighted by atomic mass is 19.1. The van der Waals surface area contributed by atoms with Crippen molar-refractivity contribution >= 4 is 33.3 Å². The van der Waals surface area contributed by atoms with E-state index in [4.69, 9.17) is 4.98 Å². The number of hydrogen-bond donors (Lipinski definition) is 3. The minimum absolute atomic E-state index is 0.206. The summed E-state index contributed by atoms with van der Waals surface area (Å²) >= 11 is 0. The first kappa shape index (κ1) is 20.2. The highest BCUT2D eigenvalue weighted by Crippen LogP contribution is 2.37. The Balaban J connectivity index is 1.58. The predicted molar refractivity (Wildman–Crippen MR) is 131 cm³/mol. The number of anilines is 2. The first-order valence-corrected chi connectivity index (χ1v) is 11.5. The summed E-state index contributed by atoms with van der Waals surface area (Å²) in [5, 5.41) is 4.34. The van der Waals surface area contributed by atoms with Gasteiger partial charge in [-0.2, -0.15) is 0 Å². The minimum Gasteiger partial charge on any atom is -0.379 e. The van der Waals surface area contributed by atoms with Gasteiger partial charge in [-0.25, -0.2) is 9.37 Å². The zero-order valence-electron chi connectivity index (χ0n) is 18.8. The average Bonchev–Trinajstić information content (AvgIpc) is 3.23. The second kappa shape index (κ2) is 7.59. The van der Waals surface area contributed by atoms with Crippen LogP contribution in [-0.2, 0) is 0 Å². The summed E-state index contributed by atoms with van der Waals surface area (Å²) in [6.07, 6.45) is 2.27. The van der Waals surface area contributed by atoms with E-state index < -0.39 is 0 Å². The summed E-state index contributed by atoms with van der Waals surface area (Å²) in [5.41, 5.74) is 3.51. The Bertz CT molecular complexity index is 1380. The van der Waals surface area contributed by atoms with Crippen LogP contribution in [0.1, 0.15) is 12.8 Å². The van der Waals surface area contributed by atoms with Crippen molar-refractivity contribution in [1.29, 1.82) is 0 Å². The quantitative estimate of drug-likeness (QED) is 0.445. The number of fused-ring (bicyclic) bond motifs is 5. The van der Waals surface area contributed by atoms with Gasteiger partial charge in [0.05, 0.1) is 27.9 Å². The van der Waals surface area contributed by atoms with E-state index in [0.717, 1.165) is 43.5 Å². The summed E-state index contributed by atoms with van der Waals surface area (Å²) < 4.78 is 15.1. The van der Waals surface area contributed by atoms with E-state index in [9.17, 15) is 4.79 Å². The summed E-state index contributed by atoms with van der Waals surface area (Å²) in [6.45, 7) is 3.17. The lowest BCUT2D eigenvalue weighted by molar-refractivity contribution is 0.0976. The lowest BCUT2D eigenvalue weighted by atomic mass is 9.83. The van der Waals surface area contributed by atoms with Gasteiger partial charge < -0.3 is 25.1 Å². The molecule has 0 amide bonds. The number of para-hydroxylation sites is 2. The van der Waals surface area contributed by atoms with Crippen LogP contribution in [0.4, 0.5) is 15.8 Å². The third kappa shape index (κ3) is 3.36. The fraction of sp³-hybridized carbons (Fsp3) is 0.360. The maximum absolute atomic E-state index is 15.1. The zero-order valence-corrected chi connectivity index (χ0v) is 18.8. The number of imidazole rings is 1. The maximum atomic E-state index is 15.1. The second-order valence-corrected chi connectivity index (χ2v) is 9.44. The Morgan fingerprint density at radius 1 is 1.12 bits per heavy atom. The highest BCUT2D eigenvalue weighted by Gasteiger charge is 2.35. The molecular weight excluding hydrogens is 419 g/mol. The molecule has 7 rings (SSSR count). The van der Waals surface area contributed by atoms with Crippen LogP contribution in [0.15, 0.2) is 41.2 Å². The lowest BCUT2D eigenvalue weighted by Crippen LogP contribution is -2.53. The van der Waals surface area contributed by atoms with Gasteiger partial charge in [-0.3, -0.25) is 4.79 Å². The molecule has 1 atom stereocenters. The summed E-state index contributed by atoms with van der Waals surface area (Å²) in [4.78, 5) is 28.5. The minimum atomic E-state index is -0.327. The van der Waals surface area contributed by atoms with Crippen molar-refractivity contribution < 1.29 is 4.39 Å². The third-order valence-corrected chi connectivity index (χ3v) is 7.18. The number of aromatic amines is 2. The van der Waals surface area contributed by atoms with E-state index in [-0.39, 0.29) is 17.4 Å². The maximum Gasteiger partial charge on any atom is 0.261 e. The first-order valence-electron chi connectivity index (χ1n) is 11.5. The Kier molecular flexibility index (Phi) is 4.65. The van der Waals surface area contributed by atoms with Crippen LogP contribution < -0.4 is 15.8 Å². The molecule has 2 bridgehead atoms. The molecule has 0 spiro atoms. The zero-order chi connectivity index (χ0) is 22.7. The van der Waals surface area contributed by atoms with Crippen LogP contribution in [0.25, 0.3) is 33.3 Å². The average molecular weight is 447 g/mol. The van der Waals surface area contributed by atoms with Gasteiger partial charge in [-0.1, -0.05) is 12.1 Å². The van der Waals surface area contributed by atoms with Crippen molar-refractivity contribution in [2.24, 2.45) is 5.92 Å². The molecule has 33 heavy (non-hydrogen) atoms. The van der Waals surface area contributed by atoms with Gasteiger partial charge in [0.25, 0.3) is 5.56 Å². The SMILES string of the molecule is CN(C)c1cc2[nH]c(=O)c(-c3nc4ccccc4[nH]3)c(N[C@@H]3CN4CCC3CC4)c2cc1F. The van der Waals surface area contributed by atoms with Crippen LogP contribution in [0.2, 0.25) is 0 Å². The van der Waals surface area contributed by atoms with E-state index in [2.05, 4.69) is 20.2 Å². The van der Waals surface area contributed by atoms with Gasteiger partial charge >= 0.3 is 0 Å². The Labute approximate surface area is 190 Å². The molecular formula is C25H27FN6O. The third-order valence-electron chi connectivity index (χ3n) is 7.18.